The second kappa shape index (κ2) is 8.09. The number of nitrogen functional groups attached to an aromatic ring is 2. The number of ether oxygens (including phenoxy) is 1. The Labute approximate surface area is 160 Å². The van der Waals surface area contributed by atoms with Crippen molar-refractivity contribution in [1.82, 2.24) is 19.9 Å². The van der Waals surface area contributed by atoms with Crippen LogP contribution in [0.1, 0.15) is 36.8 Å². The Balaban J connectivity index is 1.59. The lowest BCUT2D eigenvalue weighted by molar-refractivity contribution is -0.144. The third kappa shape index (κ3) is 4.98. The molecule has 3 rings (SSSR count). The van der Waals surface area contributed by atoms with Crippen LogP contribution in [0, 0.1) is 0 Å². The van der Waals surface area contributed by atoms with E-state index in [0.717, 1.165) is 10.6 Å². The zero-order chi connectivity index (χ0) is 19.4. The summed E-state index contributed by atoms with van der Waals surface area (Å²) in [5.41, 5.74) is 13.9. The Morgan fingerprint density at radius 3 is 2.37 bits per heavy atom. The largest absolute Gasteiger partial charge is 0.457 e. The first kappa shape index (κ1) is 18.7. The number of benzene rings is 1. The van der Waals surface area contributed by atoms with Gasteiger partial charge in [0.05, 0.1) is 12.1 Å². The second-order valence-electron chi connectivity index (χ2n) is 6.23. The number of thiazole rings is 1. The molecule has 27 heavy (non-hydrogen) atoms. The highest BCUT2D eigenvalue weighted by molar-refractivity contribution is 7.13. The van der Waals surface area contributed by atoms with Gasteiger partial charge in [-0.3, -0.25) is 4.79 Å². The molecule has 2 aromatic heterocycles. The zero-order valence-electron chi connectivity index (χ0n) is 15.0. The van der Waals surface area contributed by atoms with Gasteiger partial charge >= 0.3 is 5.97 Å². The minimum Gasteiger partial charge on any atom is -0.457 e. The van der Waals surface area contributed by atoms with Crippen molar-refractivity contribution in [1.29, 1.82) is 0 Å². The van der Waals surface area contributed by atoms with E-state index < -0.39 is 5.97 Å². The quantitative estimate of drug-likeness (QED) is 0.620. The van der Waals surface area contributed by atoms with Crippen LogP contribution in [-0.4, -0.2) is 25.9 Å². The van der Waals surface area contributed by atoms with E-state index in [0.29, 0.717) is 11.6 Å². The van der Waals surface area contributed by atoms with Crippen LogP contribution in [0.5, 0.6) is 0 Å². The number of aromatic nitrogens is 4. The van der Waals surface area contributed by atoms with Crippen molar-refractivity contribution in [2.24, 2.45) is 0 Å². The lowest BCUT2D eigenvalue weighted by Gasteiger charge is -2.05. The zero-order valence-corrected chi connectivity index (χ0v) is 15.9. The molecular weight excluding hydrogens is 364 g/mol. The Bertz CT molecular complexity index is 919. The summed E-state index contributed by atoms with van der Waals surface area (Å²) in [4.78, 5) is 27.9. The Morgan fingerprint density at radius 2 is 1.74 bits per heavy atom. The summed E-state index contributed by atoms with van der Waals surface area (Å²) in [7, 11) is 0. The van der Waals surface area contributed by atoms with Crippen LogP contribution in [0.15, 0.2) is 29.6 Å². The van der Waals surface area contributed by atoms with Crippen LogP contribution < -0.4 is 11.5 Å². The van der Waals surface area contributed by atoms with Gasteiger partial charge in [-0.1, -0.05) is 38.1 Å². The predicted molar refractivity (Wildman–Crippen MR) is 104 cm³/mol. The van der Waals surface area contributed by atoms with E-state index in [-0.39, 0.29) is 30.7 Å². The van der Waals surface area contributed by atoms with Crippen LogP contribution in [-0.2, 0) is 22.6 Å². The standard InChI is InChI=1S/C18H20N6O2S/c1-10(2)11-3-5-12(6-4-11)16-21-13(9-27-16)7-15(25)26-8-14-22-17(19)24-18(20)23-14/h3-6,9-10H,7-8H2,1-2H3,(H4,19,20,22,23,24). The monoisotopic (exact) mass is 384 g/mol. The number of carbonyl (C=O) groups excluding carboxylic acids is 1. The van der Waals surface area contributed by atoms with Gasteiger partial charge in [-0.15, -0.1) is 11.3 Å². The minimum atomic E-state index is -0.431. The van der Waals surface area contributed by atoms with Crippen LogP contribution >= 0.6 is 11.3 Å². The third-order valence-corrected chi connectivity index (χ3v) is 4.72. The second-order valence-corrected chi connectivity index (χ2v) is 7.08. The van der Waals surface area contributed by atoms with Gasteiger partial charge in [-0.25, -0.2) is 4.98 Å². The number of anilines is 2. The number of nitrogens with two attached hydrogens (primary N) is 2. The summed E-state index contributed by atoms with van der Waals surface area (Å²) in [6.45, 7) is 4.19. The van der Waals surface area contributed by atoms with Gasteiger partial charge in [0.2, 0.25) is 11.9 Å². The molecule has 0 aliphatic rings. The lowest BCUT2D eigenvalue weighted by Crippen LogP contribution is -2.12. The summed E-state index contributed by atoms with van der Waals surface area (Å²) in [5, 5.41) is 2.72. The van der Waals surface area contributed by atoms with E-state index in [4.69, 9.17) is 16.2 Å². The van der Waals surface area contributed by atoms with Gasteiger partial charge in [-0.05, 0) is 11.5 Å². The highest BCUT2D eigenvalue weighted by atomic mass is 32.1. The number of rotatable bonds is 6. The Hall–Kier alpha value is -3.07. The van der Waals surface area contributed by atoms with E-state index in [1.165, 1.54) is 16.9 Å². The van der Waals surface area contributed by atoms with Crippen LogP contribution in [0.25, 0.3) is 10.6 Å². The maximum Gasteiger partial charge on any atom is 0.312 e. The maximum atomic E-state index is 12.0. The Kier molecular flexibility index (Phi) is 5.60. The molecule has 0 spiro atoms. The molecule has 0 saturated carbocycles. The fraction of sp³-hybridized carbons (Fsp3) is 0.278. The van der Waals surface area contributed by atoms with E-state index in [1.54, 1.807) is 0 Å². The first-order chi connectivity index (χ1) is 12.9. The fourth-order valence-electron chi connectivity index (χ4n) is 2.40. The van der Waals surface area contributed by atoms with Crippen molar-refractivity contribution in [2.45, 2.75) is 32.8 Å². The molecule has 2 heterocycles. The molecule has 8 nitrogen and oxygen atoms in total. The first-order valence-corrected chi connectivity index (χ1v) is 9.25. The van der Waals surface area contributed by atoms with Crippen molar-refractivity contribution in [2.75, 3.05) is 11.5 Å². The summed E-state index contributed by atoms with van der Waals surface area (Å²) >= 11 is 1.49. The van der Waals surface area contributed by atoms with E-state index in [2.05, 4.69) is 45.9 Å². The lowest BCUT2D eigenvalue weighted by atomic mass is 10.0. The molecule has 0 unspecified atom stereocenters. The molecule has 140 valence electrons. The molecular formula is C18H20N6O2S. The molecule has 0 fully saturated rings. The topological polar surface area (TPSA) is 130 Å². The minimum absolute atomic E-state index is 0.0128. The normalized spacial score (nSPS) is 10.9. The van der Waals surface area contributed by atoms with Gasteiger partial charge in [0.1, 0.15) is 5.01 Å². The van der Waals surface area contributed by atoms with E-state index in [9.17, 15) is 4.79 Å². The fourth-order valence-corrected chi connectivity index (χ4v) is 3.22. The molecule has 0 saturated heterocycles. The highest BCUT2D eigenvalue weighted by Crippen LogP contribution is 2.26. The Morgan fingerprint density at radius 1 is 1.07 bits per heavy atom. The summed E-state index contributed by atoms with van der Waals surface area (Å²) in [5.74, 6) is 0.232. The third-order valence-electron chi connectivity index (χ3n) is 3.78. The molecule has 3 aromatic rings. The maximum absolute atomic E-state index is 12.0. The molecule has 1 aromatic carbocycles. The van der Waals surface area contributed by atoms with Crippen molar-refractivity contribution >= 4 is 29.2 Å². The SMILES string of the molecule is CC(C)c1ccc(-c2nc(CC(=O)OCc3nc(N)nc(N)n3)cs2)cc1. The van der Waals surface area contributed by atoms with Gasteiger partial charge in [0, 0.05) is 10.9 Å². The van der Waals surface area contributed by atoms with Crippen LogP contribution in [0.3, 0.4) is 0 Å². The number of hydrogen-bond acceptors (Lipinski definition) is 9. The van der Waals surface area contributed by atoms with Gasteiger partial charge in [0.25, 0.3) is 0 Å². The molecule has 0 amide bonds. The average Bonchev–Trinajstić information content (AvgIpc) is 3.07. The first-order valence-electron chi connectivity index (χ1n) is 8.37. The summed E-state index contributed by atoms with van der Waals surface area (Å²) in [6.07, 6.45) is 0.0661. The summed E-state index contributed by atoms with van der Waals surface area (Å²) < 4.78 is 5.16. The van der Waals surface area contributed by atoms with Crippen molar-refractivity contribution < 1.29 is 9.53 Å². The molecule has 0 radical (unpaired) electrons. The van der Waals surface area contributed by atoms with Gasteiger partial charge < -0.3 is 16.2 Å². The molecule has 0 aliphatic carbocycles. The average molecular weight is 384 g/mol. The molecule has 0 bridgehead atoms. The van der Waals surface area contributed by atoms with Gasteiger partial charge in [-0.2, -0.15) is 15.0 Å². The smallest absolute Gasteiger partial charge is 0.312 e. The van der Waals surface area contributed by atoms with Gasteiger partial charge in [0.15, 0.2) is 12.4 Å². The molecule has 0 atom stereocenters. The highest BCUT2D eigenvalue weighted by Gasteiger charge is 2.12. The number of carbonyl (C=O) groups is 1. The van der Waals surface area contributed by atoms with Crippen molar-refractivity contribution in [3.8, 4) is 10.6 Å². The number of hydrogen-bond donors (Lipinski definition) is 2. The molecule has 0 aliphatic heterocycles. The van der Waals surface area contributed by atoms with E-state index in [1.807, 2.05) is 17.5 Å². The van der Waals surface area contributed by atoms with Crippen LogP contribution in [0.4, 0.5) is 11.9 Å². The number of esters is 1. The summed E-state index contributed by atoms with van der Waals surface area (Å²) in [6, 6.07) is 8.29. The van der Waals surface area contributed by atoms with Crippen LogP contribution in [0.2, 0.25) is 0 Å². The molecule has 4 N–H and O–H groups in total. The van der Waals surface area contributed by atoms with Crippen molar-refractivity contribution in [3.05, 3.63) is 46.7 Å². The predicted octanol–water partition coefficient (Wildman–Crippen LogP) is 2.57. The molecule has 9 heteroatoms. The van der Waals surface area contributed by atoms with Crippen molar-refractivity contribution in [3.63, 3.8) is 0 Å². The van der Waals surface area contributed by atoms with E-state index >= 15 is 0 Å². The number of nitrogens with zero attached hydrogens (tertiary/aromatic N) is 4.